The molecule has 0 bridgehead atoms. The maximum atomic E-state index is 6.50. The molecule has 4 N–H and O–H groups in total. The summed E-state index contributed by atoms with van der Waals surface area (Å²) in [7, 11) is 0. The van der Waals surface area contributed by atoms with Gasteiger partial charge in [-0.2, -0.15) is 0 Å². The van der Waals surface area contributed by atoms with Gasteiger partial charge in [0.1, 0.15) is 0 Å². The lowest BCUT2D eigenvalue weighted by Gasteiger charge is -2.59. The Hall–Kier alpha value is -1.72. The molecule has 154 valence electrons. The summed E-state index contributed by atoms with van der Waals surface area (Å²) in [5.41, 5.74) is 10.3. The van der Waals surface area contributed by atoms with Gasteiger partial charge in [0.2, 0.25) is 0 Å². The number of hydrogen-bond acceptors (Lipinski definition) is 4. The van der Waals surface area contributed by atoms with Crippen LogP contribution in [0, 0.1) is 0 Å². The van der Waals surface area contributed by atoms with Crippen LogP contribution in [0.15, 0.2) is 74.9 Å². The molecule has 4 nitrogen and oxygen atoms in total. The third kappa shape index (κ3) is 3.39. The highest BCUT2D eigenvalue weighted by Gasteiger charge is 2.54. The fourth-order valence-electron chi connectivity index (χ4n) is 5.17. The Balaban J connectivity index is 2.60. The van der Waals surface area contributed by atoms with Crippen molar-refractivity contribution in [1.29, 1.82) is 0 Å². The number of nitrogens with two attached hydrogens (primary N) is 1. The average molecular weight is 383 g/mol. The van der Waals surface area contributed by atoms with Crippen LogP contribution in [0.3, 0.4) is 0 Å². The molecule has 0 unspecified atom stereocenters. The number of hydrazine groups is 1. The first kappa shape index (κ1) is 22.6. The van der Waals surface area contributed by atoms with Gasteiger partial charge in [0.15, 0.2) is 0 Å². The van der Waals surface area contributed by atoms with Gasteiger partial charge in [-0.3, -0.25) is 0 Å². The van der Waals surface area contributed by atoms with Crippen LogP contribution in [0.2, 0.25) is 0 Å². The van der Waals surface area contributed by atoms with Crippen molar-refractivity contribution in [1.82, 2.24) is 15.8 Å². The van der Waals surface area contributed by atoms with E-state index in [4.69, 9.17) is 5.73 Å². The van der Waals surface area contributed by atoms with Gasteiger partial charge in [0, 0.05) is 17.1 Å². The molecule has 0 aromatic heterocycles. The lowest BCUT2D eigenvalue weighted by molar-refractivity contribution is 0.00288. The normalized spacial score (nSPS) is 27.2. The number of rotatable bonds is 6. The van der Waals surface area contributed by atoms with E-state index in [-0.39, 0.29) is 17.1 Å². The maximum absolute atomic E-state index is 6.50. The molecular weight excluding hydrogens is 344 g/mol. The average Bonchev–Trinajstić information content (AvgIpc) is 2.59. The Morgan fingerprint density at radius 3 is 1.57 bits per heavy atom. The molecule has 0 radical (unpaired) electrons. The quantitative estimate of drug-likeness (QED) is 0.612. The van der Waals surface area contributed by atoms with E-state index < -0.39 is 17.1 Å². The molecule has 0 spiro atoms. The van der Waals surface area contributed by atoms with Crippen molar-refractivity contribution in [3.8, 4) is 0 Å². The largest absolute Gasteiger partial charge is 0.321 e. The van der Waals surface area contributed by atoms with Crippen molar-refractivity contribution >= 4 is 0 Å². The highest BCUT2D eigenvalue weighted by molar-refractivity contribution is 5.53. The van der Waals surface area contributed by atoms with Gasteiger partial charge in [-0.25, -0.2) is 10.4 Å². The van der Waals surface area contributed by atoms with Crippen molar-refractivity contribution in [3.63, 3.8) is 0 Å². The molecular formula is C24H38N4. The van der Waals surface area contributed by atoms with Gasteiger partial charge in [-0.05, 0) is 51.7 Å². The Labute approximate surface area is 171 Å². The Morgan fingerprint density at radius 2 is 1.25 bits per heavy atom. The van der Waals surface area contributed by atoms with Crippen molar-refractivity contribution in [2.24, 2.45) is 5.73 Å². The van der Waals surface area contributed by atoms with E-state index in [9.17, 15) is 0 Å². The topological polar surface area (TPSA) is 53.3 Å². The monoisotopic (exact) mass is 382 g/mol. The van der Waals surface area contributed by atoms with Crippen molar-refractivity contribution < 1.29 is 0 Å². The number of nitrogens with one attached hydrogen (secondary N) is 2. The molecule has 2 saturated heterocycles. The lowest BCUT2D eigenvalue weighted by atomic mass is 9.69. The summed E-state index contributed by atoms with van der Waals surface area (Å²) in [5, 5.41) is 5.82. The predicted octanol–water partition coefficient (Wildman–Crippen LogP) is 3.78. The van der Waals surface area contributed by atoms with Gasteiger partial charge in [-0.15, -0.1) is 26.3 Å². The molecule has 0 aromatic rings. The third-order valence-corrected chi connectivity index (χ3v) is 6.27. The van der Waals surface area contributed by atoms with E-state index in [1.54, 1.807) is 0 Å². The second kappa shape index (κ2) is 7.27. The minimum atomic E-state index is -0.762. The van der Waals surface area contributed by atoms with Gasteiger partial charge in [0.25, 0.3) is 0 Å². The van der Waals surface area contributed by atoms with Crippen LogP contribution in [0.25, 0.3) is 0 Å². The standard InChI is InChI=1S/C24H38N4/c1-11-23(12-2)17(5)20(25)18(6)24(13-3,14-4)28(23)26-19-15-21(7,8)27-22(9,10)16-19/h11-14,19-20,26-27H,1-6,15-16,25H2,7-10H3. The molecule has 4 heteroatoms. The summed E-state index contributed by atoms with van der Waals surface area (Å²) in [6.45, 7) is 33.9. The van der Waals surface area contributed by atoms with Gasteiger partial charge in [0.05, 0.1) is 17.1 Å². The zero-order chi connectivity index (χ0) is 21.5. The molecule has 0 atom stereocenters. The number of piperidine rings is 2. The number of hydrogen-bond donors (Lipinski definition) is 3. The predicted molar refractivity (Wildman–Crippen MR) is 122 cm³/mol. The zero-order valence-electron chi connectivity index (χ0n) is 18.1. The summed E-state index contributed by atoms with van der Waals surface area (Å²) in [4.78, 5) is 0. The molecule has 2 aliphatic heterocycles. The molecule has 28 heavy (non-hydrogen) atoms. The fraction of sp³-hybridized carbons (Fsp3) is 0.500. The fourth-order valence-corrected chi connectivity index (χ4v) is 5.17. The summed E-state index contributed by atoms with van der Waals surface area (Å²) in [6.07, 6.45) is 9.24. The van der Waals surface area contributed by atoms with Crippen LogP contribution in [0.4, 0.5) is 0 Å². The summed E-state index contributed by atoms with van der Waals surface area (Å²) >= 11 is 0. The van der Waals surface area contributed by atoms with Gasteiger partial charge < -0.3 is 11.1 Å². The highest BCUT2D eigenvalue weighted by atomic mass is 15.6. The molecule has 2 aliphatic rings. The van der Waals surface area contributed by atoms with Gasteiger partial charge in [-0.1, -0.05) is 37.5 Å². The van der Waals surface area contributed by atoms with Crippen molar-refractivity contribution in [2.75, 3.05) is 0 Å². The zero-order valence-corrected chi connectivity index (χ0v) is 18.1. The van der Waals surface area contributed by atoms with E-state index in [1.807, 2.05) is 24.3 Å². The second-order valence-electron chi connectivity index (χ2n) is 9.46. The molecule has 0 aliphatic carbocycles. The van der Waals surface area contributed by atoms with E-state index in [0.29, 0.717) is 0 Å². The van der Waals surface area contributed by atoms with Crippen LogP contribution in [0.1, 0.15) is 40.5 Å². The molecule has 0 saturated carbocycles. The second-order valence-corrected chi connectivity index (χ2v) is 9.46. The van der Waals surface area contributed by atoms with Crippen molar-refractivity contribution in [2.45, 2.75) is 74.8 Å². The van der Waals surface area contributed by atoms with E-state index in [2.05, 4.69) is 82.9 Å². The molecule has 0 aromatic carbocycles. The Morgan fingerprint density at radius 1 is 0.893 bits per heavy atom. The maximum Gasteiger partial charge on any atom is 0.0951 e. The van der Waals surface area contributed by atoms with Crippen LogP contribution >= 0.6 is 0 Å². The van der Waals surface area contributed by atoms with E-state index in [0.717, 1.165) is 24.0 Å². The van der Waals surface area contributed by atoms with E-state index in [1.165, 1.54) is 0 Å². The Bertz CT molecular complexity index is 640. The molecule has 2 heterocycles. The number of nitrogens with zero attached hydrogens (tertiary/aromatic N) is 1. The van der Waals surface area contributed by atoms with Crippen LogP contribution < -0.4 is 16.5 Å². The summed E-state index contributed by atoms with van der Waals surface area (Å²) in [5.74, 6) is 0. The highest BCUT2D eigenvalue weighted by Crippen LogP contribution is 2.45. The van der Waals surface area contributed by atoms with Crippen LogP contribution in [-0.4, -0.2) is 39.2 Å². The minimum Gasteiger partial charge on any atom is -0.321 e. The summed E-state index contributed by atoms with van der Waals surface area (Å²) in [6, 6.07) is -0.217. The minimum absolute atomic E-state index is 0.00431. The van der Waals surface area contributed by atoms with Crippen LogP contribution in [-0.2, 0) is 0 Å². The molecule has 2 rings (SSSR count). The first-order chi connectivity index (χ1) is 12.8. The SMILES string of the molecule is C=CC1(C=C)C(=C)C(N)C(=C)C(C=C)(C=C)N1NC1CC(C)(C)NC(C)(C)C1. The van der Waals surface area contributed by atoms with Crippen molar-refractivity contribution in [3.05, 3.63) is 74.9 Å². The van der Waals surface area contributed by atoms with E-state index >= 15 is 0 Å². The lowest BCUT2D eigenvalue weighted by Crippen LogP contribution is -2.74. The third-order valence-electron chi connectivity index (χ3n) is 6.27. The molecule has 0 amide bonds. The molecule has 2 fully saturated rings. The van der Waals surface area contributed by atoms with Crippen LogP contribution in [0.5, 0.6) is 0 Å². The Kier molecular flexibility index (Phi) is 5.86. The smallest absolute Gasteiger partial charge is 0.0951 e. The summed E-state index contributed by atoms with van der Waals surface area (Å²) < 4.78 is 0. The van der Waals surface area contributed by atoms with Gasteiger partial charge >= 0.3 is 0 Å². The first-order valence-electron chi connectivity index (χ1n) is 9.89. The first-order valence-corrected chi connectivity index (χ1v) is 9.89.